The van der Waals surface area contributed by atoms with Crippen LogP contribution in [0, 0.1) is 17.3 Å². The molecule has 23 heavy (non-hydrogen) atoms. The maximum absolute atomic E-state index is 12.3. The lowest BCUT2D eigenvalue weighted by Gasteiger charge is -2.35. The van der Waals surface area contributed by atoms with Crippen LogP contribution in [0.2, 0.25) is 0 Å². The molecule has 0 aliphatic carbocycles. The van der Waals surface area contributed by atoms with Crippen molar-refractivity contribution in [1.29, 1.82) is 0 Å². The summed E-state index contributed by atoms with van der Waals surface area (Å²) >= 11 is 0. The number of carbonyl (C=O) groups excluding carboxylic acids is 2. The number of amides is 2. The van der Waals surface area contributed by atoms with Gasteiger partial charge < -0.3 is 15.3 Å². The van der Waals surface area contributed by atoms with E-state index in [4.69, 9.17) is 0 Å². The Balaban J connectivity index is 2.41. The van der Waals surface area contributed by atoms with E-state index in [1.807, 2.05) is 39.5 Å². The fourth-order valence-electron chi connectivity index (χ4n) is 3.23. The van der Waals surface area contributed by atoms with Crippen LogP contribution in [0.15, 0.2) is 0 Å². The van der Waals surface area contributed by atoms with E-state index in [-0.39, 0.29) is 29.1 Å². The standard InChI is InChI=1S/C18H34N2O3/c1-6-7-15(21)20-10-8-14(9-11-20)17(23)19-12-18(4,5)16(22)13(2)3/h13-14,16,22H,6-12H2,1-5H3,(H,19,23). The average molecular weight is 326 g/mol. The first-order valence-corrected chi connectivity index (χ1v) is 8.92. The van der Waals surface area contributed by atoms with Crippen molar-refractivity contribution in [3.8, 4) is 0 Å². The fraction of sp³-hybridized carbons (Fsp3) is 0.889. The Kier molecular flexibility index (Phi) is 7.52. The van der Waals surface area contributed by atoms with Gasteiger partial charge in [-0.25, -0.2) is 0 Å². The van der Waals surface area contributed by atoms with E-state index in [1.165, 1.54) is 0 Å². The van der Waals surface area contributed by atoms with Crippen LogP contribution in [0.5, 0.6) is 0 Å². The summed E-state index contributed by atoms with van der Waals surface area (Å²) in [5.41, 5.74) is -0.346. The number of likely N-dealkylation sites (tertiary alicyclic amines) is 1. The van der Waals surface area contributed by atoms with Crippen molar-refractivity contribution in [1.82, 2.24) is 10.2 Å². The predicted octanol–water partition coefficient (Wildman–Crippen LogP) is 2.18. The van der Waals surface area contributed by atoms with Crippen molar-refractivity contribution in [3.05, 3.63) is 0 Å². The molecule has 0 spiro atoms. The molecule has 0 aromatic carbocycles. The molecule has 5 nitrogen and oxygen atoms in total. The smallest absolute Gasteiger partial charge is 0.223 e. The summed E-state index contributed by atoms with van der Waals surface area (Å²) in [6, 6.07) is 0. The zero-order chi connectivity index (χ0) is 17.6. The van der Waals surface area contributed by atoms with Crippen molar-refractivity contribution >= 4 is 11.8 Å². The normalized spacial score (nSPS) is 18.1. The molecule has 1 unspecified atom stereocenters. The Morgan fingerprint density at radius 1 is 1.26 bits per heavy atom. The summed E-state index contributed by atoms with van der Waals surface area (Å²) in [6.45, 7) is 11.7. The maximum Gasteiger partial charge on any atom is 0.223 e. The van der Waals surface area contributed by atoms with E-state index in [0.717, 1.165) is 19.3 Å². The Bertz CT molecular complexity index is 399. The molecule has 2 amide bonds. The number of piperidine rings is 1. The molecule has 2 N–H and O–H groups in total. The van der Waals surface area contributed by atoms with Crippen LogP contribution in [0.25, 0.3) is 0 Å². The second-order valence-electron chi connectivity index (χ2n) is 7.80. The van der Waals surface area contributed by atoms with Gasteiger partial charge in [-0.3, -0.25) is 9.59 Å². The molecule has 0 aromatic heterocycles. The molecule has 1 heterocycles. The SMILES string of the molecule is CCCC(=O)N1CCC(C(=O)NCC(C)(C)C(O)C(C)C)CC1. The van der Waals surface area contributed by atoms with Crippen molar-refractivity contribution in [2.24, 2.45) is 17.3 Å². The van der Waals surface area contributed by atoms with Gasteiger partial charge in [-0.15, -0.1) is 0 Å². The highest BCUT2D eigenvalue weighted by Crippen LogP contribution is 2.26. The molecule has 0 radical (unpaired) electrons. The highest BCUT2D eigenvalue weighted by Gasteiger charge is 2.32. The van der Waals surface area contributed by atoms with Gasteiger partial charge in [0.2, 0.25) is 11.8 Å². The van der Waals surface area contributed by atoms with Gasteiger partial charge in [0.1, 0.15) is 0 Å². The summed E-state index contributed by atoms with van der Waals surface area (Å²) in [6.07, 6.45) is 2.48. The van der Waals surface area contributed by atoms with Crippen LogP contribution in [0.1, 0.15) is 60.3 Å². The van der Waals surface area contributed by atoms with Crippen molar-refractivity contribution < 1.29 is 14.7 Å². The third kappa shape index (κ3) is 5.79. The monoisotopic (exact) mass is 326 g/mol. The van der Waals surface area contributed by atoms with Gasteiger partial charge in [0, 0.05) is 37.4 Å². The first-order chi connectivity index (χ1) is 10.7. The summed E-state index contributed by atoms with van der Waals surface area (Å²) in [5.74, 6) is 0.395. The van der Waals surface area contributed by atoms with Crippen molar-refractivity contribution in [3.63, 3.8) is 0 Å². The molecule has 1 saturated heterocycles. The quantitative estimate of drug-likeness (QED) is 0.753. The zero-order valence-corrected chi connectivity index (χ0v) is 15.4. The number of carbonyl (C=O) groups is 2. The van der Waals surface area contributed by atoms with Crippen LogP contribution >= 0.6 is 0 Å². The summed E-state index contributed by atoms with van der Waals surface area (Å²) < 4.78 is 0. The maximum atomic E-state index is 12.3. The summed E-state index contributed by atoms with van der Waals surface area (Å²) in [7, 11) is 0. The van der Waals surface area contributed by atoms with E-state index in [0.29, 0.717) is 26.1 Å². The first kappa shape index (κ1) is 19.9. The number of aliphatic hydroxyl groups excluding tert-OH is 1. The van der Waals surface area contributed by atoms with E-state index >= 15 is 0 Å². The number of hydrogen-bond acceptors (Lipinski definition) is 3. The molecule has 1 rings (SSSR count). The van der Waals surface area contributed by atoms with Crippen LogP contribution in [-0.4, -0.2) is 47.6 Å². The van der Waals surface area contributed by atoms with E-state index in [9.17, 15) is 14.7 Å². The van der Waals surface area contributed by atoms with E-state index in [2.05, 4.69) is 5.32 Å². The van der Waals surface area contributed by atoms with Gasteiger partial charge >= 0.3 is 0 Å². The highest BCUT2D eigenvalue weighted by molar-refractivity contribution is 5.80. The second-order valence-corrected chi connectivity index (χ2v) is 7.80. The van der Waals surface area contributed by atoms with Crippen LogP contribution in [0.3, 0.4) is 0 Å². The van der Waals surface area contributed by atoms with Crippen LogP contribution < -0.4 is 5.32 Å². The Morgan fingerprint density at radius 3 is 2.30 bits per heavy atom. The number of aliphatic hydroxyl groups is 1. The molecule has 1 fully saturated rings. The van der Waals surface area contributed by atoms with Gasteiger partial charge in [-0.2, -0.15) is 0 Å². The second kappa shape index (κ2) is 8.67. The largest absolute Gasteiger partial charge is 0.392 e. The predicted molar refractivity (Wildman–Crippen MR) is 91.8 cm³/mol. The minimum absolute atomic E-state index is 0.0207. The number of rotatable bonds is 7. The lowest BCUT2D eigenvalue weighted by Crippen LogP contribution is -2.47. The lowest BCUT2D eigenvalue weighted by molar-refractivity contribution is -0.135. The molecular formula is C18H34N2O3. The molecule has 0 bridgehead atoms. The Hall–Kier alpha value is -1.10. The fourth-order valence-corrected chi connectivity index (χ4v) is 3.23. The minimum Gasteiger partial charge on any atom is -0.392 e. The number of nitrogens with one attached hydrogen (secondary N) is 1. The minimum atomic E-state index is -0.448. The molecule has 1 aliphatic heterocycles. The van der Waals surface area contributed by atoms with Crippen LogP contribution in [0.4, 0.5) is 0 Å². The van der Waals surface area contributed by atoms with E-state index in [1.54, 1.807) is 0 Å². The van der Waals surface area contributed by atoms with Crippen molar-refractivity contribution in [2.45, 2.75) is 66.4 Å². The molecule has 1 atom stereocenters. The van der Waals surface area contributed by atoms with Gasteiger partial charge in [-0.1, -0.05) is 34.6 Å². The van der Waals surface area contributed by atoms with Gasteiger partial charge in [-0.05, 0) is 25.2 Å². The van der Waals surface area contributed by atoms with Gasteiger partial charge in [0.05, 0.1) is 6.10 Å². The molecule has 5 heteroatoms. The lowest BCUT2D eigenvalue weighted by atomic mass is 9.80. The highest BCUT2D eigenvalue weighted by atomic mass is 16.3. The Labute approximate surface area is 140 Å². The van der Waals surface area contributed by atoms with Crippen LogP contribution in [-0.2, 0) is 9.59 Å². The molecule has 134 valence electrons. The molecule has 1 aliphatic rings. The number of nitrogens with zero attached hydrogens (tertiary/aromatic N) is 1. The third-order valence-electron chi connectivity index (χ3n) is 4.83. The van der Waals surface area contributed by atoms with Gasteiger partial charge in [0.15, 0.2) is 0 Å². The average Bonchev–Trinajstić information content (AvgIpc) is 2.52. The third-order valence-corrected chi connectivity index (χ3v) is 4.83. The molecule has 0 saturated carbocycles. The topological polar surface area (TPSA) is 69.6 Å². The summed E-state index contributed by atoms with van der Waals surface area (Å²) in [5, 5.41) is 13.2. The number of hydrogen-bond donors (Lipinski definition) is 2. The summed E-state index contributed by atoms with van der Waals surface area (Å²) in [4.78, 5) is 26.1. The van der Waals surface area contributed by atoms with Crippen molar-refractivity contribution in [2.75, 3.05) is 19.6 Å². The first-order valence-electron chi connectivity index (χ1n) is 8.92. The Morgan fingerprint density at radius 2 is 1.83 bits per heavy atom. The molecule has 0 aromatic rings. The van der Waals surface area contributed by atoms with Gasteiger partial charge in [0.25, 0.3) is 0 Å². The van der Waals surface area contributed by atoms with E-state index < -0.39 is 6.10 Å². The zero-order valence-electron chi connectivity index (χ0n) is 15.4. The molecular weight excluding hydrogens is 292 g/mol.